The van der Waals surface area contributed by atoms with E-state index in [1.54, 1.807) is 37.7 Å². The van der Waals surface area contributed by atoms with E-state index in [0.717, 1.165) is 0 Å². The van der Waals surface area contributed by atoms with Crippen molar-refractivity contribution in [3.05, 3.63) is 29.5 Å². The number of aromatic nitrogens is 3. The Balaban J connectivity index is 1.80. The highest BCUT2D eigenvalue weighted by atomic mass is 32.1. The van der Waals surface area contributed by atoms with Gasteiger partial charge in [0.25, 0.3) is 5.91 Å². The van der Waals surface area contributed by atoms with E-state index in [1.807, 2.05) is 0 Å². The summed E-state index contributed by atoms with van der Waals surface area (Å²) in [6, 6.07) is 1.34. The Hall–Kier alpha value is -2.35. The van der Waals surface area contributed by atoms with Gasteiger partial charge >= 0.3 is 6.03 Å². The molecule has 0 unspecified atom stereocenters. The number of urea groups is 1. The number of thiazole rings is 1. The first-order chi connectivity index (χ1) is 9.97. The molecule has 1 aliphatic rings. The normalized spacial score (nSPS) is 17.1. The lowest BCUT2D eigenvalue weighted by Gasteiger charge is -2.14. The van der Waals surface area contributed by atoms with Gasteiger partial charge in [0, 0.05) is 17.8 Å². The average Bonchev–Trinajstić information content (AvgIpc) is 2.99. The molecule has 1 aliphatic heterocycles. The van der Waals surface area contributed by atoms with Gasteiger partial charge in [0.1, 0.15) is 5.54 Å². The minimum Gasteiger partial charge on any atom is -0.324 e. The van der Waals surface area contributed by atoms with Gasteiger partial charge in [-0.2, -0.15) is 0 Å². The van der Waals surface area contributed by atoms with E-state index in [4.69, 9.17) is 0 Å². The molecule has 1 N–H and O–H groups in total. The third-order valence-electron chi connectivity index (χ3n) is 3.07. The van der Waals surface area contributed by atoms with Gasteiger partial charge in [-0.1, -0.05) is 0 Å². The van der Waals surface area contributed by atoms with Crippen molar-refractivity contribution in [1.82, 2.24) is 25.2 Å². The molecule has 0 radical (unpaired) electrons. The fourth-order valence-electron chi connectivity index (χ4n) is 2.02. The largest absolute Gasteiger partial charge is 0.325 e. The number of nitrogens with zero attached hydrogens (tertiary/aromatic N) is 4. The van der Waals surface area contributed by atoms with Crippen LogP contribution in [0.25, 0.3) is 10.8 Å². The molecule has 3 heterocycles. The minimum absolute atomic E-state index is 0.150. The minimum atomic E-state index is -0.863. The van der Waals surface area contributed by atoms with Crippen LogP contribution in [-0.2, 0) is 11.3 Å². The molecule has 0 spiro atoms. The van der Waals surface area contributed by atoms with Crippen molar-refractivity contribution in [1.29, 1.82) is 0 Å². The first-order valence-electron chi connectivity index (χ1n) is 6.33. The molecule has 0 aromatic carbocycles. The second kappa shape index (κ2) is 4.88. The van der Waals surface area contributed by atoms with E-state index in [0.29, 0.717) is 16.5 Å². The molecule has 108 valence electrons. The summed E-state index contributed by atoms with van der Waals surface area (Å²) in [6.07, 6.45) is 3.28. The predicted molar refractivity (Wildman–Crippen MR) is 76.3 cm³/mol. The lowest BCUT2D eigenvalue weighted by atomic mass is 10.1. The van der Waals surface area contributed by atoms with Crippen LogP contribution in [0.5, 0.6) is 0 Å². The first kappa shape index (κ1) is 13.6. The Labute approximate surface area is 125 Å². The van der Waals surface area contributed by atoms with Crippen molar-refractivity contribution in [2.45, 2.75) is 25.9 Å². The number of imide groups is 1. The van der Waals surface area contributed by atoms with Gasteiger partial charge in [0.15, 0.2) is 10.8 Å². The molecule has 1 saturated heterocycles. The fourth-order valence-corrected chi connectivity index (χ4v) is 2.77. The molecule has 0 saturated carbocycles. The molecule has 0 aliphatic carbocycles. The lowest BCUT2D eigenvalue weighted by molar-refractivity contribution is -0.130. The maximum Gasteiger partial charge on any atom is 0.325 e. The highest BCUT2D eigenvalue weighted by molar-refractivity contribution is 7.13. The van der Waals surface area contributed by atoms with Crippen LogP contribution in [0.3, 0.4) is 0 Å². The van der Waals surface area contributed by atoms with Crippen molar-refractivity contribution >= 4 is 23.3 Å². The van der Waals surface area contributed by atoms with E-state index in [2.05, 4.69) is 20.3 Å². The summed E-state index contributed by atoms with van der Waals surface area (Å²) in [4.78, 5) is 37.7. The lowest BCUT2D eigenvalue weighted by Crippen LogP contribution is -2.40. The van der Waals surface area contributed by atoms with E-state index < -0.39 is 11.6 Å². The Kier molecular flexibility index (Phi) is 3.17. The van der Waals surface area contributed by atoms with Crippen molar-refractivity contribution in [3.63, 3.8) is 0 Å². The Morgan fingerprint density at radius 2 is 2.00 bits per heavy atom. The van der Waals surface area contributed by atoms with Crippen molar-refractivity contribution in [2.75, 3.05) is 0 Å². The highest BCUT2D eigenvalue weighted by Crippen LogP contribution is 2.23. The molecule has 1 fully saturated rings. The Bertz CT molecular complexity index is 698. The predicted octanol–water partition coefficient (Wildman–Crippen LogP) is 1.43. The molecule has 21 heavy (non-hydrogen) atoms. The molecule has 0 bridgehead atoms. The van der Waals surface area contributed by atoms with Gasteiger partial charge in [0.05, 0.1) is 12.2 Å². The van der Waals surface area contributed by atoms with Gasteiger partial charge in [-0.05, 0) is 19.9 Å². The topological polar surface area (TPSA) is 88.1 Å². The Morgan fingerprint density at radius 1 is 1.29 bits per heavy atom. The van der Waals surface area contributed by atoms with E-state index in [1.165, 1.54) is 16.2 Å². The van der Waals surface area contributed by atoms with E-state index >= 15 is 0 Å². The molecule has 0 atom stereocenters. The summed E-state index contributed by atoms with van der Waals surface area (Å²) >= 11 is 1.38. The zero-order chi connectivity index (χ0) is 15.0. The number of nitrogens with one attached hydrogen (secondary N) is 1. The number of hydrogen-bond acceptors (Lipinski definition) is 6. The number of carbonyl (C=O) groups is 2. The van der Waals surface area contributed by atoms with Crippen molar-refractivity contribution in [2.24, 2.45) is 0 Å². The van der Waals surface area contributed by atoms with Gasteiger partial charge in [-0.3, -0.25) is 9.69 Å². The fraction of sp³-hybridized carbons (Fsp3) is 0.308. The van der Waals surface area contributed by atoms with Gasteiger partial charge in [-0.25, -0.2) is 19.7 Å². The molecule has 2 aromatic rings. The molecule has 3 amide bonds. The van der Waals surface area contributed by atoms with Crippen LogP contribution in [0, 0.1) is 0 Å². The second-order valence-corrected chi connectivity index (χ2v) is 6.02. The molecule has 8 heteroatoms. The molecule has 2 aromatic heterocycles. The molecule has 3 rings (SSSR count). The van der Waals surface area contributed by atoms with Gasteiger partial charge < -0.3 is 5.32 Å². The summed E-state index contributed by atoms with van der Waals surface area (Å²) in [5, 5.41) is 5.11. The SMILES string of the molecule is CC1(C)NC(=O)N(Cc2csc(-c3ncccn3)n2)C1=O. The number of amides is 3. The van der Waals surface area contributed by atoms with E-state index in [9.17, 15) is 9.59 Å². The first-order valence-corrected chi connectivity index (χ1v) is 7.21. The smallest absolute Gasteiger partial charge is 0.324 e. The quantitative estimate of drug-likeness (QED) is 0.867. The van der Waals surface area contributed by atoms with Crippen LogP contribution in [0.4, 0.5) is 4.79 Å². The van der Waals surface area contributed by atoms with Crippen LogP contribution in [0.1, 0.15) is 19.5 Å². The summed E-state index contributed by atoms with van der Waals surface area (Å²) in [6.45, 7) is 3.51. The van der Waals surface area contributed by atoms with Gasteiger partial charge in [-0.15, -0.1) is 11.3 Å². The monoisotopic (exact) mass is 303 g/mol. The van der Waals surface area contributed by atoms with Gasteiger partial charge in [0.2, 0.25) is 0 Å². The summed E-state index contributed by atoms with van der Waals surface area (Å²) in [5.74, 6) is 0.282. The van der Waals surface area contributed by atoms with Crippen LogP contribution in [0.2, 0.25) is 0 Å². The number of rotatable bonds is 3. The number of carbonyl (C=O) groups excluding carboxylic acids is 2. The summed E-state index contributed by atoms with van der Waals surface area (Å²) < 4.78 is 0. The molecule has 7 nitrogen and oxygen atoms in total. The van der Waals surface area contributed by atoms with Crippen LogP contribution in [0.15, 0.2) is 23.8 Å². The standard InChI is InChI=1S/C13H13N5O2S/c1-13(2)11(19)18(12(20)17-13)6-8-7-21-10(16-8)9-14-4-3-5-15-9/h3-5,7H,6H2,1-2H3,(H,17,20). The van der Waals surface area contributed by atoms with Crippen molar-refractivity contribution in [3.8, 4) is 10.8 Å². The van der Waals surface area contributed by atoms with Crippen LogP contribution < -0.4 is 5.32 Å². The molecular formula is C13H13N5O2S. The third-order valence-corrected chi connectivity index (χ3v) is 3.96. The summed E-state index contributed by atoms with van der Waals surface area (Å²) in [7, 11) is 0. The zero-order valence-electron chi connectivity index (χ0n) is 11.5. The third kappa shape index (κ3) is 2.49. The van der Waals surface area contributed by atoms with Crippen molar-refractivity contribution < 1.29 is 9.59 Å². The average molecular weight is 303 g/mol. The Morgan fingerprint density at radius 3 is 2.62 bits per heavy atom. The summed E-state index contributed by atoms with van der Waals surface area (Å²) in [5.41, 5.74) is -0.220. The van der Waals surface area contributed by atoms with Crippen LogP contribution >= 0.6 is 11.3 Å². The maximum absolute atomic E-state index is 12.1. The number of hydrogen-bond donors (Lipinski definition) is 1. The van der Waals surface area contributed by atoms with Crippen LogP contribution in [-0.4, -0.2) is 37.3 Å². The molecular weight excluding hydrogens is 290 g/mol. The second-order valence-electron chi connectivity index (χ2n) is 5.16. The van der Waals surface area contributed by atoms with E-state index in [-0.39, 0.29) is 12.5 Å². The maximum atomic E-state index is 12.1. The highest BCUT2D eigenvalue weighted by Gasteiger charge is 2.44. The zero-order valence-corrected chi connectivity index (χ0v) is 12.3.